The maximum atomic E-state index is 13.6. The fraction of sp³-hybridized carbons (Fsp3) is 0.429. The maximum Gasteiger partial charge on any atom is 0.281 e. The van der Waals surface area contributed by atoms with Gasteiger partial charge in [-0.3, -0.25) is 4.79 Å². The molecule has 0 radical (unpaired) electrons. The maximum absolute atomic E-state index is 13.6. The number of aromatic nitrogens is 5. The van der Waals surface area contributed by atoms with Gasteiger partial charge >= 0.3 is 0 Å². The van der Waals surface area contributed by atoms with E-state index in [1.165, 1.54) is 49.7 Å². The van der Waals surface area contributed by atoms with E-state index in [0.29, 0.717) is 37.7 Å². The average molecular weight is 630 g/mol. The highest BCUT2D eigenvalue weighted by molar-refractivity contribution is 7.89. The summed E-state index contributed by atoms with van der Waals surface area (Å²) in [6.45, 7) is 3.58. The first kappa shape index (κ1) is 29.5. The van der Waals surface area contributed by atoms with Gasteiger partial charge in [0, 0.05) is 32.1 Å². The minimum Gasteiger partial charge on any atom is -0.308 e. The number of piperidine rings is 2. The molecule has 1 atom stereocenters. The van der Waals surface area contributed by atoms with Gasteiger partial charge in [-0.2, -0.15) is 8.61 Å². The van der Waals surface area contributed by atoms with E-state index >= 15 is 0 Å². The van der Waals surface area contributed by atoms with Crippen molar-refractivity contribution in [1.29, 1.82) is 0 Å². The van der Waals surface area contributed by atoms with Gasteiger partial charge in [-0.25, -0.2) is 30.9 Å². The van der Waals surface area contributed by atoms with E-state index in [-0.39, 0.29) is 46.4 Å². The molecule has 0 amide bonds. The zero-order chi connectivity index (χ0) is 30.4. The van der Waals surface area contributed by atoms with Gasteiger partial charge in [0.2, 0.25) is 20.0 Å². The molecule has 228 valence electrons. The van der Waals surface area contributed by atoms with Gasteiger partial charge in [0.05, 0.1) is 16.3 Å². The fourth-order valence-electron chi connectivity index (χ4n) is 5.64. The average Bonchev–Trinajstić information content (AvgIpc) is 3.41. The first-order valence-electron chi connectivity index (χ1n) is 14.2. The van der Waals surface area contributed by atoms with Crippen molar-refractivity contribution in [1.82, 2.24) is 33.6 Å². The number of nitrogens with one attached hydrogen (secondary N) is 1. The lowest BCUT2D eigenvalue weighted by atomic mass is 9.99. The standard InChI is InChI=1S/C28H32FN7O5S2/c1-19-12-15-34(16-13-19)42(38,39)23-8-10-24(11-9-23)43(40,41)35-14-2-3-21(18-35)26-30-27-25(28(37)31-26)32-33-36(27)17-20-4-6-22(29)7-5-20/h4-11,19,21H,2-3,12-18H2,1H3,(H,30,31,37). The second-order valence-electron chi connectivity index (χ2n) is 11.3. The molecule has 4 heterocycles. The van der Waals surface area contributed by atoms with E-state index in [9.17, 15) is 26.0 Å². The molecule has 0 saturated carbocycles. The van der Waals surface area contributed by atoms with Gasteiger partial charge in [0.1, 0.15) is 11.6 Å². The molecular formula is C28H32FN7O5S2. The van der Waals surface area contributed by atoms with Gasteiger partial charge < -0.3 is 4.98 Å². The first-order valence-corrected chi connectivity index (χ1v) is 17.1. The monoisotopic (exact) mass is 629 g/mol. The van der Waals surface area contributed by atoms with Crippen LogP contribution in [0.3, 0.4) is 0 Å². The van der Waals surface area contributed by atoms with Crippen LogP contribution in [-0.4, -0.2) is 76.6 Å². The molecule has 1 N–H and O–H groups in total. The zero-order valence-electron chi connectivity index (χ0n) is 23.6. The highest BCUT2D eigenvalue weighted by Gasteiger charge is 2.33. The largest absolute Gasteiger partial charge is 0.308 e. The summed E-state index contributed by atoms with van der Waals surface area (Å²) in [6.07, 6.45) is 2.73. The number of rotatable bonds is 7. The second kappa shape index (κ2) is 11.5. The lowest BCUT2D eigenvalue weighted by Crippen LogP contribution is -2.40. The number of aromatic amines is 1. The summed E-state index contributed by atoms with van der Waals surface area (Å²) in [5, 5.41) is 8.00. The van der Waals surface area contributed by atoms with Crippen LogP contribution in [0.5, 0.6) is 0 Å². The number of nitrogens with zero attached hydrogens (tertiary/aromatic N) is 6. The lowest BCUT2D eigenvalue weighted by Gasteiger charge is -2.31. The predicted octanol–water partition coefficient (Wildman–Crippen LogP) is 2.69. The molecule has 2 aliphatic rings. The Morgan fingerprint density at radius 2 is 1.51 bits per heavy atom. The number of sulfonamides is 2. The Hall–Kier alpha value is -3.53. The van der Waals surface area contributed by atoms with E-state index in [1.807, 2.05) is 0 Å². The highest BCUT2D eigenvalue weighted by Crippen LogP contribution is 2.30. The third-order valence-corrected chi connectivity index (χ3v) is 12.0. The number of halogens is 1. The Morgan fingerprint density at radius 3 is 2.16 bits per heavy atom. The summed E-state index contributed by atoms with van der Waals surface area (Å²) in [5.74, 6) is 0.0461. The number of hydrogen-bond acceptors (Lipinski definition) is 8. The van der Waals surface area contributed by atoms with Crippen LogP contribution in [0.15, 0.2) is 63.1 Å². The van der Waals surface area contributed by atoms with Gasteiger partial charge in [-0.15, -0.1) is 5.10 Å². The van der Waals surface area contributed by atoms with Crippen molar-refractivity contribution < 1.29 is 21.2 Å². The predicted molar refractivity (Wildman–Crippen MR) is 156 cm³/mol. The summed E-state index contributed by atoms with van der Waals surface area (Å²) >= 11 is 0. The molecule has 2 fully saturated rings. The van der Waals surface area contributed by atoms with E-state index in [2.05, 4.69) is 27.2 Å². The van der Waals surface area contributed by atoms with Crippen LogP contribution in [0.2, 0.25) is 0 Å². The fourth-order valence-corrected chi connectivity index (χ4v) is 8.63. The first-order chi connectivity index (χ1) is 20.5. The van der Waals surface area contributed by atoms with Crippen LogP contribution < -0.4 is 5.56 Å². The number of hydrogen-bond donors (Lipinski definition) is 1. The van der Waals surface area contributed by atoms with Crippen LogP contribution in [0, 0.1) is 11.7 Å². The summed E-state index contributed by atoms with van der Waals surface area (Å²) in [6, 6.07) is 11.3. The van der Waals surface area contributed by atoms with Crippen molar-refractivity contribution in [3.63, 3.8) is 0 Å². The van der Waals surface area contributed by atoms with Gasteiger partial charge in [0.15, 0.2) is 11.2 Å². The molecule has 12 nitrogen and oxygen atoms in total. The number of fused-ring (bicyclic) bond motifs is 1. The van der Waals surface area contributed by atoms with Crippen LogP contribution in [0.1, 0.15) is 49.9 Å². The van der Waals surface area contributed by atoms with Gasteiger partial charge in [-0.05, 0) is 73.6 Å². The molecular weight excluding hydrogens is 597 g/mol. The summed E-state index contributed by atoms with van der Waals surface area (Å²) in [5.41, 5.74) is 0.574. The Balaban J connectivity index is 1.22. The number of H-pyrrole nitrogens is 1. The van der Waals surface area contributed by atoms with E-state index in [0.717, 1.165) is 18.4 Å². The molecule has 0 bridgehead atoms. The minimum atomic E-state index is -3.95. The molecule has 6 rings (SSSR count). The van der Waals surface area contributed by atoms with Crippen molar-refractivity contribution in [2.75, 3.05) is 26.2 Å². The van der Waals surface area contributed by atoms with Crippen LogP contribution in [0.25, 0.3) is 11.2 Å². The van der Waals surface area contributed by atoms with Crippen molar-refractivity contribution >= 4 is 31.2 Å². The molecule has 0 spiro atoms. The summed E-state index contributed by atoms with van der Waals surface area (Å²) < 4.78 is 71.0. The molecule has 1 unspecified atom stereocenters. The summed E-state index contributed by atoms with van der Waals surface area (Å²) in [4.78, 5) is 20.3. The minimum absolute atomic E-state index is 0.00200. The highest BCUT2D eigenvalue weighted by atomic mass is 32.2. The lowest BCUT2D eigenvalue weighted by molar-refractivity contribution is 0.288. The van der Waals surface area contributed by atoms with Crippen molar-refractivity contribution in [3.8, 4) is 0 Å². The molecule has 43 heavy (non-hydrogen) atoms. The molecule has 15 heteroatoms. The molecule has 2 aliphatic heterocycles. The Morgan fingerprint density at radius 1 is 0.884 bits per heavy atom. The smallest absolute Gasteiger partial charge is 0.281 e. The third-order valence-electron chi connectivity index (χ3n) is 8.25. The third kappa shape index (κ3) is 5.86. The van der Waals surface area contributed by atoms with Crippen molar-refractivity contribution in [2.45, 2.75) is 54.9 Å². The van der Waals surface area contributed by atoms with Crippen molar-refractivity contribution in [3.05, 3.63) is 76.1 Å². The molecule has 0 aliphatic carbocycles. The van der Waals surface area contributed by atoms with E-state index in [1.54, 1.807) is 12.1 Å². The van der Waals surface area contributed by atoms with Crippen LogP contribution >= 0.6 is 0 Å². The molecule has 2 aromatic carbocycles. The van der Waals surface area contributed by atoms with Crippen LogP contribution in [-0.2, 0) is 26.6 Å². The van der Waals surface area contributed by atoms with E-state index < -0.39 is 31.5 Å². The molecule has 2 saturated heterocycles. The zero-order valence-corrected chi connectivity index (χ0v) is 25.2. The van der Waals surface area contributed by atoms with E-state index in [4.69, 9.17) is 0 Å². The SMILES string of the molecule is CC1CCN(S(=O)(=O)c2ccc(S(=O)(=O)N3CCCC(c4nc5c(nnn5Cc5ccc(F)cc5)c(=O)[nH]4)C3)cc2)CC1. The Kier molecular flexibility index (Phi) is 7.91. The molecule has 2 aromatic heterocycles. The number of benzene rings is 2. The topological polar surface area (TPSA) is 151 Å². The van der Waals surface area contributed by atoms with Crippen molar-refractivity contribution in [2.24, 2.45) is 5.92 Å². The Bertz CT molecular complexity index is 1900. The Labute approximate surface area is 248 Å². The second-order valence-corrected chi connectivity index (χ2v) is 15.1. The molecule has 4 aromatic rings. The van der Waals surface area contributed by atoms with Gasteiger partial charge in [0.25, 0.3) is 5.56 Å². The summed E-state index contributed by atoms with van der Waals surface area (Å²) in [7, 11) is -7.65. The van der Waals surface area contributed by atoms with Gasteiger partial charge in [-0.1, -0.05) is 24.3 Å². The normalized spacial score (nSPS) is 19.6. The quantitative estimate of drug-likeness (QED) is 0.328. The van der Waals surface area contributed by atoms with Crippen LogP contribution in [0.4, 0.5) is 4.39 Å².